The zero-order valence-corrected chi connectivity index (χ0v) is 17.0. The van der Waals surface area contributed by atoms with E-state index < -0.39 is 11.8 Å². The minimum atomic E-state index is -0.482. The van der Waals surface area contributed by atoms with E-state index in [1.807, 2.05) is 24.3 Å². The van der Waals surface area contributed by atoms with Crippen molar-refractivity contribution in [1.82, 2.24) is 10.6 Å². The Morgan fingerprint density at radius 2 is 1.55 bits per heavy atom. The summed E-state index contributed by atoms with van der Waals surface area (Å²) < 4.78 is 0. The second-order valence-electron chi connectivity index (χ2n) is 7.33. The molecule has 1 aliphatic heterocycles. The van der Waals surface area contributed by atoms with Crippen LogP contribution in [0.2, 0.25) is 0 Å². The molecule has 2 N–H and O–H groups in total. The Hall–Kier alpha value is -3.31. The molecule has 0 atom stereocenters. The quantitative estimate of drug-likeness (QED) is 0.397. The number of amides is 2. The topological polar surface area (TPSA) is 58.2 Å². The number of hydrogen-bond donors (Lipinski definition) is 2. The van der Waals surface area contributed by atoms with E-state index in [-0.39, 0.29) is 10.7 Å². The zero-order chi connectivity index (χ0) is 20.5. The van der Waals surface area contributed by atoms with Crippen LogP contribution in [0, 0.1) is 13.8 Å². The Bertz CT molecular complexity index is 1170. The molecule has 0 spiro atoms. The lowest BCUT2D eigenvalue weighted by atomic mass is 9.92. The van der Waals surface area contributed by atoms with E-state index in [1.54, 1.807) is 6.08 Å². The lowest BCUT2D eigenvalue weighted by Crippen LogP contribution is -2.51. The predicted molar refractivity (Wildman–Crippen MR) is 120 cm³/mol. The number of nitrogens with one attached hydrogen (secondary N) is 2. The third kappa shape index (κ3) is 3.96. The SMILES string of the molecule is Cc1cc(C)cc(Cc2ccc3ccccc3c2C=C2C(=O)NC(=S)NC2=O)c1. The molecule has 3 aromatic carbocycles. The maximum atomic E-state index is 12.4. The second-order valence-corrected chi connectivity index (χ2v) is 7.74. The molecule has 1 fully saturated rings. The Labute approximate surface area is 174 Å². The highest BCUT2D eigenvalue weighted by Crippen LogP contribution is 2.28. The van der Waals surface area contributed by atoms with Crippen molar-refractivity contribution in [1.29, 1.82) is 0 Å². The normalized spacial score (nSPS) is 14.0. The lowest BCUT2D eigenvalue weighted by molar-refractivity contribution is -0.123. The first-order chi connectivity index (χ1) is 13.9. The molecule has 0 aliphatic carbocycles. The molecular weight excluding hydrogens is 380 g/mol. The predicted octanol–water partition coefficient (Wildman–Crippen LogP) is 3.96. The van der Waals surface area contributed by atoms with E-state index in [4.69, 9.17) is 12.2 Å². The van der Waals surface area contributed by atoms with E-state index in [0.717, 1.165) is 21.9 Å². The summed E-state index contributed by atoms with van der Waals surface area (Å²) in [7, 11) is 0. The average molecular weight is 401 g/mol. The molecule has 0 radical (unpaired) electrons. The molecule has 29 heavy (non-hydrogen) atoms. The molecule has 1 aliphatic rings. The number of carbonyl (C=O) groups excluding carboxylic acids is 2. The lowest BCUT2D eigenvalue weighted by Gasteiger charge is -2.18. The number of carbonyl (C=O) groups is 2. The van der Waals surface area contributed by atoms with Crippen molar-refractivity contribution in [2.24, 2.45) is 0 Å². The van der Waals surface area contributed by atoms with Gasteiger partial charge in [-0.2, -0.15) is 0 Å². The minimum Gasteiger partial charge on any atom is -0.299 e. The van der Waals surface area contributed by atoms with E-state index in [2.05, 4.69) is 54.8 Å². The number of rotatable bonds is 3. The Kier molecular flexibility index (Phi) is 4.99. The largest absolute Gasteiger partial charge is 0.299 e. The van der Waals surface area contributed by atoms with Crippen molar-refractivity contribution in [3.8, 4) is 0 Å². The first-order valence-corrected chi connectivity index (χ1v) is 9.78. The summed E-state index contributed by atoms with van der Waals surface area (Å²) in [5, 5.41) is 7.09. The summed E-state index contributed by atoms with van der Waals surface area (Å²) in [4.78, 5) is 24.8. The van der Waals surface area contributed by atoms with Gasteiger partial charge in [0, 0.05) is 0 Å². The van der Waals surface area contributed by atoms with Gasteiger partial charge in [0.15, 0.2) is 5.11 Å². The maximum absolute atomic E-state index is 12.4. The highest BCUT2D eigenvalue weighted by atomic mass is 32.1. The van der Waals surface area contributed by atoms with Crippen molar-refractivity contribution in [2.45, 2.75) is 20.3 Å². The second kappa shape index (κ2) is 7.60. The third-order valence-corrected chi connectivity index (χ3v) is 5.17. The summed E-state index contributed by atoms with van der Waals surface area (Å²) in [5.74, 6) is -0.965. The number of benzene rings is 3. The summed E-state index contributed by atoms with van der Waals surface area (Å²) in [6, 6.07) is 18.6. The standard InChI is InChI=1S/C24H20N2O2S/c1-14-9-15(2)11-16(10-14)12-18-8-7-17-5-3-4-6-19(17)20(18)13-21-22(27)25-24(29)26-23(21)28/h3-11,13H,12H2,1-2H3,(H2,25,26,27,28,29). The highest BCUT2D eigenvalue weighted by molar-refractivity contribution is 7.80. The van der Waals surface area contributed by atoms with Gasteiger partial charge in [-0.1, -0.05) is 65.7 Å². The van der Waals surface area contributed by atoms with Gasteiger partial charge in [0.2, 0.25) is 0 Å². The van der Waals surface area contributed by atoms with Gasteiger partial charge in [0.25, 0.3) is 11.8 Å². The first kappa shape index (κ1) is 19.0. The smallest absolute Gasteiger partial charge is 0.263 e. The van der Waals surface area contributed by atoms with Crippen LogP contribution in [-0.4, -0.2) is 16.9 Å². The van der Waals surface area contributed by atoms with Gasteiger partial charge in [0.1, 0.15) is 5.57 Å². The van der Waals surface area contributed by atoms with Gasteiger partial charge in [-0.3, -0.25) is 20.2 Å². The number of aryl methyl sites for hydroxylation is 2. The van der Waals surface area contributed by atoms with Crippen molar-refractivity contribution < 1.29 is 9.59 Å². The number of hydrogen-bond acceptors (Lipinski definition) is 3. The third-order valence-electron chi connectivity index (χ3n) is 4.97. The van der Waals surface area contributed by atoms with Crippen LogP contribution >= 0.6 is 12.2 Å². The van der Waals surface area contributed by atoms with Crippen LogP contribution < -0.4 is 10.6 Å². The number of thiocarbonyl (C=S) groups is 1. The molecule has 144 valence electrons. The monoisotopic (exact) mass is 400 g/mol. The van der Waals surface area contributed by atoms with Crippen LogP contribution in [0.4, 0.5) is 0 Å². The highest BCUT2D eigenvalue weighted by Gasteiger charge is 2.26. The molecule has 0 bridgehead atoms. The van der Waals surface area contributed by atoms with Crippen LogP contribution in [-0.2, 0) is 16.0 Å². The van der Waals surface area contributed by atoms with E-state index in [1.165, 1.54) is 16.7 Å². The minimum absolute atomic E-state index is 0.0329. The summed E-state index contributed by atoms with van der Waals surface area (Å²) in [6.07, 6.45) is 2.38. The van der Waals surface area contributed by atoms with Gasteiger partial charge in [-0.05, 0) is 66.0 Å². The summed E-state index contributed by atoms with van der Waals surface area (Å²) in [6.45, 7) is 4.17. The average Bonchev–Trinajstić information content (AvgIpc) is 2.65. The fourth-order valence-corrected chi connectivity index (χ4v) is 3.99. The summed E-state index contributed by atoms with van der Waals surface area (Å²) in [5.41, 5.74) is 5.58. The molecule has 4 nitrogen and oxygen atoms in total. The molecular formula is C24H20N2O2S. The van der Waals surface area contributed by atoms with Crippen molar-refractivity contribution in [3.63, 3.8) is 0 Å². The fraction of sp³-hybridized carbons (Fsp3) is 0.125. The van der Waals surface area contributed by atoms with E-state index in [9.17, 15) is 9.59 Å². The van der Waals surface area contributed by atoms with Crippen molar-refractivity contribution >= 4 is 46.0 Å². The van der Waals surface area contributed by atoms with Crippen LogP contribution in [0.15, 0.2) is 60.2 Å². The summed E-state index contributed by atoms with van der Waals surface area (Å²) >= 11 is 4.90. The van der Waals surface area contributed by atoms with Crippen molar-refractivity contribution in [3.05, 3.63) is 88.0 Å². The van der Waals surface area contributed by atoms with Gasteiger partial charge >= 0.3 is 0 Å². The van der Waals surface area contributed by atoms with Crippen LogP contribution in [0.25, 0.3) is 16.8 Å². The molecule has 5 heteroatoms. The molecule has 3 aromatic rings. The first-order valence-electron chi connectivity index (χ1n) is 9.37. The van der Waals surface area contributed by atoms with E-state index >= 15 is 0 Å². The molecule has 0 aromatic heterocycles. The molecule has 1 saturated heterocycles. The Balaban J connectivity index is 1.87. The Morgan fingerprint density at radius 3 is 2.24 bits per heavy atom. The van der Waals surface area contributed by atoms with Gasteiger partial charge in [-0.15, -0.1) is 0 Å². The van der Waals surface area contributed by atoms with Crippen molar-refractivity contribution in [2.75, 3.05) is 0 Å². The van der Waals surface area contributed by atoms with Gasteiger partial charge < -0.3 is 0 Å². The van der Waals surface area contributed by atoms with Crippen LogP contribution in [0.3, 0.4) is 0 Å². The van der Waals surface area contributed by atoms with Crippen LogP contribution in [0.5, 0.6) is 0 Å². The van der Waals surface area contributed by atoms with Gasteiger partial charge in [-0.25, -0.2) is 0 Å². The van der Waals surface area contributed by atoms with Gasteiger partial charge in [0.05, 0.1) is 0 Å². The maximum Gasteiger partial charge on any atom is 0.263 e. The molecule has 1 heterocycles. The molecule has 0 unspecified atom stereocenters. The zero-order valence-electron chi connectivity index (χ0n) is 16.2. The Morgan fingerprint density at radius 1 is 0.897 bits per heavy atom. The number of fused-ring (bicyclic) bond motifs is 1. The van der Waals surface area contributed by atoms with E-state index in [0.29, 0.717) is 6.42 Å². The molecule has 2 amide bonds. The molecule has 4 rings (SSSR count). The molecule has 0 saturated carbocycles. The van der Waals surface area contributed by atoms with Crippen LogP contribution in [0.1, 0.15) is 27.8 Å². The fourth-order valence-electron chi connectivity index (χ4n) is 3.81.